The topological polar surface area (TPSA) is 46.5 Å². The van der Waals surface area contributed by atoms with Crippen molar-refractivity contribution in [1.29, 1.82) is 0 Å². The lowest BCUT2D eigenvalue weighted by molar-refractivity contribution is -0.143. The molecule has 0 fully saturated rings. The van der Waals surface area contributed by atoms with Crippen molar-refractivity contribution in [2.45, 2.75) is 64.2 Å². The number of esters is 1. The van der Waals surface area contributed by atoms with Crippen LogP contribution in [0, 0.1) is 0 Å². The van der Waals surface area contributed by atoms with E-state index in [-0.39, 0.29) is 12.6 Å². The van der Waals surface area contributed by atoms with Crippen molar-refractivity contribution in [3.05, 3.63) is 35.9 Å². The Hall–Kier alpha value is -1.35. The van der Waals surface area contributed by atoms with Gasteiger partial charge in [0.1, 0.15) is 0 Å². The van der Waals surface area contributed by atoms with Gasteiger partial charge in [0.15, 0.2) is 0 Å². The molecule has 0 saturated heterocycles. The van der Waals surface area contributed by atoms with Gasteiger partial charge in [-0.15, -0.1) is 0 Å². The van der Waals surface area contributed by atoms with Gasteiger partial charge in [-0.25, -0.2) is 0 Å². The molecule has 22 heavy (non-hydrogen) atoms. The summed E-state index contributed by atoms with van der Waals surface area (Å²) < 4.78 is 5.23. The number of unbranched alkanes of at least 4 members (excludes halogenated alkanes) is 6. The molecule has 1 aromatic carbocycles. The van der Waals surface area contributed by atoms with Gasteiger partial charge in [0.2, 0.25) is 0 Å². The fourth-order valence-electron chi connectivity index (χ4n) is 2.42. The molecule has 124 valence electrons. The van der Waals surface area contributed by atoms with Crippen LogP contribution in [0.4, 0.5) is 0 Å². The van der Waals surface area contributed by atoms with Crippen molar-refractivity contribution in [2.75, 3.05) is 13.2 Å². The zero-order valence-corrected chi connectivity index (χ0v) is 13.6. The van der Waals surface area contributed by atoms with Gasteiger partial charge < -0.3 is 9.84 Å². The summed E-state index contributed by atoms with van der Waals surface area (Å²) in [6, 6.07) is 10.5. The summed E-state index contributed by atoms with van der Waals surface area (Å²) in [6.07, 6.45) is 9.81. The first-order valence-electron chi connectivity index (χ1n) is 8.63. The van der Waals surface area contributed by atoms with E-state index in [0.717, 1.165) is 44.9 Å². The lowest BCUT2D eigenvalue weighted by atomic mass is 10.1. The number of rotatable bonds is 13. The fourth-order valence-corrected chi connectivity index (χ4v) is 2.42. The smallest absolute Gasteiger partial charge is 0.305 e. The first-order chi connectivity index (χ1) is 10.8. The van der Waals surface area contributed by atoms with E-state index < -0.39 is 0 Å². The lowest BCUT2D eigenvalue weighted by Gasteiger charge is -2.05. The normalized spacial score (nSPS) is 10.6. The first kappa shape index (κ1) is 18.7. The van der Waals surface area contributed by atoms with Crippen LogP contribution in [-0.2, 0) is 16.0 Å². The van der Waals surface area contributed by atoms with Crippen LogP contribution in [0.5, 0.6) is 0 Å². The highest BCUT2D eigenvalue weighted by atomic mass is 16.5. The van der Waals surface area contributed by atoms with Gasteiger partial charge in [-0.2, -0.15) is 0 Å². The lowest BCUT2D eigenvalue weighted by Crippen LogP contribution is -2.05. The standard InChI is InChI=1S/C19H30O3/c20-16-10-3-1-9-15-19(21)22-17-11-4-2-6-12-18-13-7-5-8-14-18/h5,7-8,13-14,20H,1-4,6,9-12,15-17H2. The van der Waals surface area contributed by atoms with Crippen LogP contribution in [0.3, 0.4) is 0 Å². The Morgan fingerprint density at radius 3 is 2.32 bits per heavy atom. The first-order valence-corrected chi connectivity index (χ1v) is 8.63. The van der Waals surface area contributed by atoms with Crippen LogP contribution in [0.1, 0.15) is 63.4 Å². The minimum absolute atomic E-state index is 0.0757. The second-order valence-electron chi connectivity index (χ2n) is 5.76. The van der Waals surface area contributed by atoms with Crippen LogP contribution >= 0.6 is 0 Å². The van der Waals surface area contributed by atoms with Gasteiger partial charge in [-0.3, -0.25) is 4.79 Å². The van der Waals surface area contributed by atoms with Crippen LogP contribution in [0.15, 0.2) is 30.3 Å². The molecule has 3 heteroatoms. The minimum atomic E-state index is -0.0757. The highest BCUT2D eigenvalue weighted by molar-refractivity contribution is 5.69. The number of aryl methyl sites for hydroxylation is 1. The van der Waals surface area contributed by atoms with E-state index >= 15 is 0 Å². The van der Waals surface area contributed by atoms with E-state index in [1.807, 2.05) is 6.07 Å². The SMILES string of the molecule is O=C(CCCCCCO)OCCCCCCc1ccccc1. The molecule has 1 rings (SSSR count). The summed E-state index contributed by atoms with van der Waals surface area (Å²) in [4.78, 5) is 11.5. The number of aliphatic hydroxyl groups excluding tert-OH is 1. The Kier molecular flexibility index (Phi) is 11.3. The summed E-state index contributed by atoms with van der Waals surface area (Å²) in [5.41, 5.74) is 1.40. The molecule has 0 aliphatic carbocycles. The van der Waals surface area contributed by atoms with Gasteiger partial charge in [0.25, 0.3) is 0 Å². The van der Waals surface area contributed by atoms with E-state index in [2.05, 4.69) is 24.3 Å². The maximum atomic E-state index is 11.5. The van der Waals surface area contributed by atoms with Crippen molar-refractivity contribution in [2.24, 2.45) is 0 Å². The Labute approximate surface area is 134 Å². The second kappa shape index (κ2) is 13.3. The maximum Gasteiger partial charge on any atom is 0.305 e. The predicted octanol–water partition coefficient (Wildman–Crippen LogP) is 4.28. The summed E-state index contributed by atoms with van der Waals surface area (Å²) in [5, 5.41) is 8.65. The summed E-state index contributed by atoms with van der Waals surface area (Å²) in [6.45, 7) is 0.801. The zero-order chi connectivity index (χ0) is 15.9. The average molecular weight is 306 g/mol. The summed E-state index contributed by atoms with van der Waals surface area (Å²) in [7, 11) is 0. The second-order valence-corrected chi connectivity index (χ2v) is 5.76. The Bertz CT molecular complexity index is 376. The van der Waals surface area contributed by atoms with E-state index in [1.54, 1.807) is 0 Å². The molecule has 0 radical (unpaired) electrons. The van der Waals surface area contributed by atoms with Crippen molar-refractivity contribution in [3.63, 3.8) is 0 Å². The molecule has 1 aromatic rings. The molecular weight excluding hydrogens is 276 g/mol. The Balaban J connectivity index is 1.85. The number of benzene rings is 1. The van der Waals surface area contributed by atoms with Gasteiger partial charge in [0.05, 0.1) is 6.61 Å². The van der Waals surface area contributed by atoms with Gasteiger partial charge >= 0.3 is 5.97 Å². The van der Waals surface area contributed by atoms with Gasteiger partial charge in [-0.05, 0) is 37.7 Å². The highest BCUT2D eigenvalue weighted by Gasteiger charge is 2.02. The molecule has 0 saturated carbocycles. The molecule has 0 atom stereocenters. The monoisotopic (exact) mass is 306 g/mol. The van der Waals surface area contributed by atoms with Crippen LogP contribution in [0.25, 0.3) is 0 Å². The predicted molar refractivity (Wildman–Crippen MR) is 89.7 cm³/mol. The quantitative estimate of drug-likeness (QED) is 0.437. The van der Waals surface area contributed by atoms with Crippen molar-refractivity contribution < 1.29 is 14.6 Å². The van der Waals surface area contributed by atoms with Crippen molar-refractivity contribution in [3.8, 4) is 0 Å². The number of hydrogen-bond donors (Lipinski definition) is 1. The molecule has 0 spiro atoms. The maximum absolute atomic E-state index is 11.5. The molecular formula is C19H30O3. The van der Waals surface area contributed by atoms with Crippen molar-refractivity contribution in [1.82, 2.24) is 0 Å². The average Bonchev–Trinajstić information content (AvgIpc) is 2.55. The molecule has 1 N–H and O–H groups in total. The third-order valence-electron chi connectivity index (χ3n) is 3.75. The third kappa shape index (κ3) is 10.4. The van der Waals surface area contributed by atoms with Crippen LogP contribution in [-0.4, -0.2) is 24.3 Å². The van der Waals surface area contributed by atoms with Crippen LogP contribution < -0.4 is 0 Å². The molecule has 0 bridgehead atoms. The largest absolute Gasteiger partial charge is 0.466 e. The van der Waals surface area contributed by atoms with E-state index in [9.17, 15) is 4.79 Å². The minimum Gasteiger partial charge on any atom is -0.466 e. The summed E-state index contributed by atoms with van der Waals surface area (Å²) >= 11 is 0. The number of carbonyl (C=O) groups excluding carboxylic acids is 1. The number of ether oxygens (including phenoxy) is 1. The number of hydrogen-bond acceptors (Lipinski definition) is 3. The highest BCUT2D eigenvalue weighted by Crippen LogP contribution is 2.08. The zero-order valence-electron chi connectivity index (χ0n) is 13.6. The third-order valence-corrected chi connectivity index (χ3v) is 3.75. The van der Waals surface area contributed by atoms with Gasteiger partial charge in [0, 0.05) is 13.0 Å². The van der Waals surface area contributed by atoms with E-state index in [0.29, 0.717) is 13.0 Å². The number of aliphatic hydroxyl groups is 1. The Morgan fingerprint density at radius 1 is 0.864 bits per heavy atom. The van der Waals surface area contributed by atoms with Crippen molar-refractivity contribution >= 4 is 5.97 Å². The fraction of sp³-hybridized carbons (Fsp3) is 0.632. The molecule has 0 aliphatic rings. The molecule has 3 nitrogen and oxygen atoms in total. The molecule has 0 amide bonds. The summed E-state index contributed by atoms with van der Waals surface area (Å²) in [5.74, 6) is -0.0757. The molecule has 0 unspecified atom stereocenters. The van der Waals surface area contributed by atoms with E-state index in [1.165, 1.54) is 18.4 Å². The molecule has 0 aromatic heterocycles. The number of carbonyl (C=O) groups is 1. The van der Waals surface area contributed by atoms with Crippen LogP contribution in [0.2, 0.25) is 0 Å². The van der Waals surface area contributed by atoms with E-state index in [4.69, 9.17) is 9.84 Å². The van der Waals surface area contributed by atoms with Gasteiger partial charge in [-0.1, -0.05) is 56.0 Å². The Morgan fingerprint density at radius 2 is 1.55 bits per heavy atom. The molecule has 0 aliphatic heterocycles. The molecule has 0 heterocycles.